The number of hydrogen-bond donors (Lipinski definition) is 2. The highest BCUT2D eigenvalue weighted by Gasteiger charge is 2.19. The van der Waals surface area contributed by atoms with Crippen LogP contribution in [0.3, 0.4) is 0 Å². The average Bonchev–Trinajstić information content (AvgIpc) is 2.25. The number of phosphoric acid groups is 1. The van der Waals surface area contributed by atoms with Crippen LogP contribution in [0.2, 0.25) is 0 Å². The van der Waals surface area contributed by atoms with Crippen molar-refractivity contribution in [3.05, 3.63) is 29.6 Å². The number of aromatic nitrogens is 1. The Kier molecular flexibility index (Phi) is 4.42. The maximum absolute atomic E-state index is 10.6. The summed E-state index contributed by atoms with van der Waals surface area (Å²) in [6.45, 7) is 5.24. The van der Waals surface area contributed by atoms with Gasteiger partial charge in [-0.2, -0.15) is 0 Å². The quantitative estimate of drug-likeness (QED) is 0.773. The van der Waals surface area contributed by atoms with Crippen molar-refractivity contribution in [2.45, 2.75) is 13.5 Å². The molecular weight excluding hydrogens is 245 g/mol. The van der Waals surface area contributed by atoms with Gasteiger partial charge in [-0.15, -0.1) is 0 Å². The van der Waals surface area contributed by atoms with Crippen LogP contribution in [-0.4, -0.2) is 16.9 Å². The van der Waals surface area contributed by atoms with E-state index in [9.17, 15) is 4.57 Å². The second kappa shape index (κ2) is 5.42. The monoisotopic (exact) mass is 260 g/mol. The molecular formula is C10H15NO5P+. The topological polar surface area (TPSA) is 90.1 Å². The van der Waals surface area contributed by atoms with E-state index in [1.165, 1.54) is 7.11 Å². The van der Waals surface area contributed by atoms with Gasteiger partial charge in [0, 0.05) is 12.5 Å². The Labute approximate surface area is 99.2 Å². The Balaban J connectivity index is 3.08. The maximum Gasteiger partial charge on any atom is 0.469 e. The van der Waals surface area contributed by atoms with E-state index >= 15 is 0 Å². The zero-order valence-corrected chi connectivity index (χ0v) is 10.5. The number of H-pyrrole nitrogens is 1. The summed E-state index contributed by atoms with van der Waals surface area (Å²) in [5.41, 5.74) is 2.00. The van der Waals surface area contributed by atoms with E-state index in [0.717, 1.165) is 5.69 Å². The largest absolute Gasteiger partial charge is 0.490 e. The molecule has 1 aromatic heterocycles. The summed E-state index contributed by atoms with van der Waals surface area (Å²) in [4.78, 5) is 20.2. The van der Waals surface area contributed by atoms with Crippen LogP contribution in [0.1, 0.15) is 16.8 Å². The fourth-order valence-electron chi connectivity index (χ4n) is 1.45. The fourth-order valence-corrected chi connectivity index (χ4v) is 1.75. The predicted molar refractivity (Wildman–Crippen MR) is 61.2 cm³/mol. The molecule has 0 bridgehead atoms. The maximum atomic E-state index is 10.6. The number of hydrogen-bond acceptors (Lipinski definition) is 3. The van der Waals surface area contributed by atoms with Crippen molar-refractivity contribution in [1.82, 2.24) is 0 Å². The van der Waals surface area contributed by atoms with Crippen molar-refractivity contribution < 1.29 is 28.6 Å². The highest BCUT2D eigenvalue weighted by Crippen LogP contribution is 2.38. The lowest BCUT2D eigenvalue weighted by atomic mass is 10.1. The molecule has 0 spiro atoms. The summed E-state index contributed by atoms with van der Waals surface area (Å²) < 4.78 is 20.3. The molecule has 0 amide bonds. The second-order valence-electron chi connectivity index (χ2n) is 3.35. The van der Waals surface area contributed by atoms with Crippen molar-refractivity contribution in [3.8, 4) is 5.75 Å². The zero-order valence-electron chi connectivity index (χ0n) is 9.64. The van der Waals surface area contributed by atoms with Crippen LogP contribution in [-0.2, 0) is 15.7 Å². The summed E-state index contributed by atoms with van der Waals surface area (Å²) >= 11 is 0. The van der Waals surface area contributed by atoms with Gasteiger partial charge in [0.2, 0.25) is 5.69 Å². The Morgan fingerprint density at radius 3 is 2.71 bits per heavy atom. The van der Waals surface area contributed by atoms with Crippen molar-refractivity contribution >= 4 is 13.9 Å². The van der Waals surface area contributed by atoms with Crippen LogP contribution in [0.5, 0.6) is 5.75 Å². The molecule has 0 fully saturated rings. The molecule has 0 atom stereocenters. The summed E-state index contributed by atoms with van der Waals surface area (Å²) in [6, 6.07) is 0. The number of ether oxygens (including phenoxy) is 1. The standard InChI is InChI=1S/C10H14NO5P/c1-4-9-8(6-16-17(12,13)14)5-11-7(2)10(9)15-3/h4-5H,1,6H2,2-3H3,(H2,12,13,14)/p+1. The Morgan fingerprint density at radius 2 is 2.24 bits per heavy atom. The minimum atomic E-state index is -4.49. The number of phosphoric ester groups is 1. The molecule has 0 aromatic carbocycles. The first-order valence-electron chi connectivity index (χ1n) is 4.79. The summed E-state index contributed by atoms with van der Waals surface area (Å²) in [5.74, 6) is 0.576. The molecule has 6 nitrogen and oxygen atoms in total. The van der Waals surface area contributed by atoms with Gasteiger partial charge >= 0.3 is 7.82 Å². The normalized spacial score (nSPS) is 11.3. The van der Waals surface area contributed by atoms with Gasteiger partial charge in [0.15, 0.2) is 11.9 Å². The molecule has 7 heteroatoms. The van der Waals surface area contributed by atoms with Crippen molar-refractivity contribution in [3.63, 3.8) is 0 Å². The van der Waals surface area contributed by atoms with E-state index in [4.69, 9.17) is 14.5 Å². The molecule has 3 N–H and O–H groups in total. The van der Waals surface area contributed by atoms with E-state index in [1.807, 2.05) is 6.92 Å². The highest BCUT2D eigenvalue weighted by molar-refractivity contribution is 7.46. The first-order valence-corrected chi connectivity index (χ1v) is 6.32. The second-order valence-corrected chi connectivity index (χ2v) is 4.59. The first kappa shape index (κ1) is 13.9. The van der Waals surface area contributed by atoms with Crippen molar-refractivity contribution in [2.24, 2.45) is 0 Å². The Hall–Kier alpha value is -1.20. The van der Waals surface area contributed by atoms with E-state index in [2.05, 4.69) is 16.1 Å². The van der Waals surface area contributed by atoms with E-state index in [1.54, 1.807) is 12.3 Å². The van der Waals surface area contributed by atoms with E-state index in [-0.39, 0.29) is 6.61 Å². The number of nitrogens with one attached hydrogen (secondary N) is 1. The third kappa shape index (κ3) is 3.64. The van der Waals surface area contributed by atoms with Crippen LogP contribution >= 0.6 is 7.82 Å². The van der Waals surface area contributed by atoms with Crippen LogP contribution in [0.25, 0.3) is 6.08 Å². The van der Waals surface area contributed by atoms with Crippen LogP contribution in [0, 0.1) is 6.92 Å². The molecule has 1 aromatic rings. The Morgan fingerprint density at radius 1 is 1.59 bits per heavy atom. The molecule has 0 aliphatic carbocycles. The lowest BCUT2D eigenvalue weighted by Crippen LogP contribution is -2.13. The predicted octanol–water partition coefficient (Wildman–Crippen LogP) is 1.07. The third-order valence-electron chi connectivity index (χ3n) is 2.19. The lowest BCUT2D eigenvalue weighted by Gasteiger charge is -2.10. The SMILES string of the molecule is C=Cc1c(COP(=O)(O)O)c[nH+]c(C)c1OC. The number of methoxy groups -OCH3 is 1. The molecule has 17 heavy (non-hydrogen) atoms. The lowest BCUT2D eigenvalue weighted by molar-refractivity contribution is -0.389. The summed E-state index contributed by atoms with van der Waals surface area (Å²) in [5, 5.41) is 0. The molecule has 94 valence electrons. The molecule has 0 saturated heterocycles. The molecule has 0 unspecified atom stereocenters. The molecule has 0 aliphatic rings. The molecule has 0 radical (unpaired) electrons. The van der Waals surface area contributed by atoms with Crippen LogP contribution < -0.4 is 9.72 Å². The average molecular weight is 260 g/mol. The number of aryl methyl sites for hydroxylation is 1. The van der Waals surface area contributed by atoms with Gasteiger partial charge in [-0.25, -0.2) is 9.55 Å². The Bertz CT molecular complexity index is 468. The smallest absolute Gasteiger partial charge is 0.469 e. The molecule has 1 heterocycles. The van der Waals surface area contributed by atoms with Gasteiger partial charge < -0.3 is 14.5 Å². The van der Waals surface area contributed by atoms with Gasteiger partial charge in [-0.1, -0.05) is 12.7 Å². The van der Waals surface area contributed by atoms with Gasteiger partial charge in [-0.05, 0) is 0 Å². The number of pyridine rings is 1. The van der Waals surface area contributed by atoms with Gasteiger partial charge in [0.25, 0.3) is 0 Å². The minimum Gasteiger partial charge on any atom is -0.490 e. The van der Waals surface area contributed by atoms with Crippen LogP contribution in [0.15, 0.2) is 12.8 Å². The van der Waals surface area contributed by atoms with Crippen LogP contribution in [0.4, 0.5) is 0 Å². The fraction of sp³-hybridized carbons (Fsp3) is 0.300. The zero-order chi connectivity index (χ0) is 13.1. The van der Waals surface area contributed by atoms with Gasteiger partial charge in [-0.3, -0.25) is 4.52 Å². The summed E-state index contributed by atoms with van der Waals surface area (Å²) in [6.07, 6.45) is 3.16. The highest BCUT2D eigenvalue weighted by atomic mass is 31.2. The van der Waals surface area contributed by atoms with E-state index < -0.39 is 7.82 Å². The van der Waals surface area contributed by atoms with Crippen molar-refractivity contribution in [1.29, 1.82) is 0 Å². The van der Waals surface area contributed by atoms with Crippen molar-refractivity contribution in [2.75, 3.05) is 7.11 Å². The summed E-state index contributed by atoms with van der Waals surface area (Å²) in [7, 11) is -2.98. The molecule has 0 aliphatic heterocycles. The number of aromatic amines is 1. The van der Waals surface area contributed by atoms with E-state index in [0.29, 0.717) is 16.9 Å². The third-order valence-corrected chi connectivity index (χ3v) is 2.66. The van der Waals surface area contributed by atoms with Gasteiger partial charge in [0.05, 0.1) is 19.3 Å². The van der Waals surface area contributed by atoms with Gasteiger partial charge in [0.1, 0.15) is 0 Å². The minimum absolute atomic E-state index is 0.223. The molecule has 0 saturated carbocycles. The number of rotatable bonds is 5. The molecule has 1 rings (SSSR count). The first-order chi connectivity index (χ1) is 7.89.